The van der Waals surface area contributed by atoms with E-state index < -0.39 is 0 Å². The Morgan fingerprint density at radius 2 is 2.10 bits per heavy atom. The fraction of sp³-hybridized carbons (Fsp3) is 0.263. The van der Waals surface area contributed by atoms with Crippen LogP contribution in [0.25, 0.3) is 0 Å². The summed E-state index contributed by atoms with van der Waals surface area (Å²) in [6, 6.07) is 8.76. The lowest BCUT2D eigenvalue weighted by Crippen LogP contribution is -2.26. The molecule has 0 aromatic heterocycles. The summed E-state index contributed by atoms with van der Waals surface area (Å²) < 4.78 is 0. The monoisotopic (exact) mass is 293 g/mol. The molecule has 106 valence electrons. The van der Waals surface area contributed by atoms with Crippen LogP contribution in [0.15, 0.2) is 75.8 Å². The van der Waals surface area contributed by atoms with E-state index in [2.05, 4.69) is 66.5 Å². The average molecular weight is 293 g/mol. The van der Waals surface area contributed by atoms with Crippen LogP contribution in [-0.4, -0.2) is 0 Å². The highest BCUT2D eigenvalue weighted by molar-refractivity contribution is 8.03. The minimum absolute atomic E-state index is 0.655. The second-order valence-electron chi connectivity index (χ2n) is 5.86. The molecule has 1 aromatic rings. The molecule has 2 aliphatic carbocycles. The van der Waals surface area contributed by atoms with Crippen LogP contribution < -0.4 is 4.90 Å². The number of para-hydroxylation sites is 1. The number of nitrogens with zero attached hydrogens (tertiary/aromatic N) is 1. The molecule has 0 radical (unpaired) electrons. The van der Waals surface area contributed by atoms with E-state index in [-0.39, 0.29) is 0 Å². The molecule has 1 heterocycles. The highest BCUT2D eigenvalue weighted by atomic mass is 32.2. The Hall–Kier alpha value is -1.67. The smallest absolute Gasteiger partial charge is 0.0598 e. The molecule has 3 aliphatic rings. The van der Waals surface area contributed by atoms with Crippen molar-refractivity contribution in [1.82, 2.24) is 0 Å². The van der Waals surface area contributed by atoms with Gasteiger partial charge in [-0.25, -0.2) is 0 Å². The number of fused-ring (bicyclic) bond motifs is 1. The van der Waals surface area contributed by atoms with Crippen molar-refractivity contribution in [2.24, 2.45) is 5.92 Å². The van der Waals surface area contributed by atoms with Crippen molar-refractivity contribution >= 4 is 17.4 Å². The predicted molar refractivity (Wildman–Crippen MR) is 91.2 cm³/mol. The van der Waals surface area contributed by atoms with Crippen LogP contribution in [-0.2, 0) is 0 Å². The van der Waals surface area contributed by atoms with Gasteiger partial charge in [-0.3, -0.25) is 0 Å². The van der Waals surface area contributed by atoms with Crippen molar-refractivity contribution in [2.75, 3.05) is 4.90 Å². The lowest BCUT2D eigenvalue weighted by molar-refractivity contribution is 0.724. The highest BCUT2D eigenvalue weighted by Crippen LogP contribution is 2.48. The molecule has 1 atom stereocenters. The fourth-order valence-electron chi connectivity index (χ4n) is 3.11. The van der Waals surface area contributed by atoms with Crippen molar-refractivity contribution in [3.05, 3.63) is 70.9 Å². The first-order chi connectivity index (χ1) is 10.3. The van der Waals surface area contributed by atoms with Gasteiger partial charge in [0, 0.05) is 21.2 Å². The third-order valence-corrected chi connectivity index (χ3v) is 5.41. The first kappa shape index (κ1) is 13.0. The van der Waals surface area contributed by atoms with Crippen molar-refractivity contribution in [2.45, 2.75) is 31.1 Å². The zero-order valence-corrected chi connectivity index (χ0v) is 13.1. The van der Waals surface area contributed by atoms with Crippen molar-refractivity contribution < 1.29 is 0 Å². The third kappa shape index (κ3) is 2.28. The second-order valence-corrected chi connectivity index (χ2v) is 6.94. The van der Waals surface area contributed by atoms with Crippen molar-refractivity contribution in [1.29, 1.82) is 0 Å². The molecule has 4 rings (SSSR count). The Bertz CT molecular complexity index is 693. The van der Waals surface area contributed by atoms with Gasteiger partial charge >= 0.3 is 0 Å². The number of anilines is 1. The van der Waals surface area contributed by atoms with E-state index in [0.717, 1.165) is 19.3 Å². The summed E-state index contributed by atoms with van der Waals surface area (Å²) in [6.45, 7) is 2.28. The minimum Gasteiger partial charge on any atom is -0.312 e. The van der Waals surface area contributed by atoms with Crippen LogP contribution in [0.2, 0.25) is 0 Å². The normalized spacial score (nSPS) is 23.8. The molecule has 1 nitrogen and oxygen atoms in total. The molecule has 1 unspecified atom stereocenters. The molecule has 0 bridgehead atoms. The fourth-order valence-corrected chi connectivity index (χ4v) is 4.24. The van der Waals surface area contributed by atoms with Crippen molar-refractivity contribution in [3.63, 3.8) is 0 Å². The molecule has 0 saturated carbocycles. The summed E-state index contributed by atoms with van der Waals surface area (Å²) in [4.78, 5) is 5.25. The second kappa shape index (κ2) is 5.27. The number of thioether (sulfide) groups is 1. The lowest BCUT2D eigenvalue weighted by atomic mass is 9.99. The zero-order chi connectivity index (χ0) is 14.2. The van der Waals surface area contributed by atoms with Crippen LogP contribution in [0.3, 0.4) is 0 Å². The summed E-state index contributed by atoms with van der Waals surface area (Å²) in [5.41, 5.74) is 4.14. The zero-order valence-electron chi connectivity index (χ0n) is 12.3. The first-order valence-electron chi connectivity index (χ1n) is 7.68. The molecule has 0 saturated heterocycles. The third-order valence-electron chi connectivity index (χ3n) is 4.25. The molecule has 0 amide bonds. The predicted octanol–water partition coefficient (Wildman–Crippen LogP) is 5.64. The molecule has 1 aromatic carbocycles. The summed E-state index contributed by atoms with van der Waals surface area (Å²) in [5, 5.41) is 0. The van der Waals surface area contributed by atoms with Gasteiger partial charge < -0.3 is 4.90 Å². The minimum atomic E-state index is 0.655. The van der Waals surface area contributed by atoms with E-state index in [1.54, 1.807) is 0 Å². The lowest BCUT2D eigenvalue weighted by Gasteiger charge is -2.37. The molecular weight excluding hydrogens is 274 g/mol. The van der Waals surface area contributed by atoms with Gasteiger partial charge in [-0.05, 0) is 43.4 Å². The highest BCUT2D eigenvalue weighted by Gasteiger charge is 2.27. The number of benzene rings is 1. The number of allylic oxidation sites excluding steroid dienone is 6. The maximum Gasteiger partial charge on any atom is 0.0598 e. The maximum absolute atomic E-state index is 2.48. The molecule has 21 heavy (non-hydrogen) atoms. The number of hydrogen-bond acceptors (Lipinski definition) is 2. The van der Waals surface area contributed by atoms with E-state index in [0.29, 0.717) is 5.92 Å². The van der Waals surface area contributed by atoms with Crippen LogP contribution in [0.4, 0.5) is 5.69 Å². The molecule has 0 fully saturated rings. The summed E-state index contributed by atoms with van der Waals surface area (Å²) in [6.07, 6.45) is 15.0. The largest absolute Gasteiger partial charge is 0.312 e. The van der Waals surface area contributed by atoms with E-state index >= 15 is 0 Å². The summed E-state index contributed by atoms with van der Waals surface area (Å²) >= 11 is 1.91. The van der Waals surface area contributed by atoms with Gasteiger partial charge in [0.15, 0.2) is 0 Å². The van der Waals surface area contributed by atoms with Gasteiger partial charge in [0.05, 0.1) is 5.69 Å². The van der Waals surface area contributed by atoms with Crippen molar-refractivity contribution in [3.8, 4) is 0 Å². The molecular formula is C19H19NS. The average Bonchev–Trinajstić information content (AvgIpc) is 2.53. The quantitative estimate of drug-likeness (QED) is 0.659. The Labute approximate surface area is 130 Å². The van der Waals surface area contributed by atoms with Crippen LogP contribution in [0.1, 0.15) is 26.2 Å². The number of rotatable bonds is 1. The Kier molecular flexibility index (Phi) is 3.27. The maximum atomic E-state index is 2.48. The standard InChI is InChI=1S/C19H19NS/c1-14-10-12-15(13-11-14)20-16-6-2-4-8-18(16)21-19-9-5-3-7-17(19)20/h2,4-6,8-10,12-14H,3,7,11H2,1H3. The van der Waals surface area contributed by atoms with E-state index in [4.69, 9.17) is 0 Å². The van der Waals surface area contributed by atoms with Crippen LogP contribution in [0, 0.1) is 5.92 Å². The summed E-state index contributed by atoms with van der Waals surface area (Å²) in [5.74, 6) is 0.655. The van der Waals surface area contributed by atoms with Gasteiger partial charge in [0.2, 0.25) is 0 Å². The van der Waals surface area contributed by atoms with Gasteiger partial charge in [0.25, 0.3) is 0 Å². The molecule has 0 N–H and O–H groups in total. The van der Waals surface area contributed by atoms with Gasteiger partial charge in [-0.1, -0.05) is 55.1 Å². The molecule has 2 heteroatoms. The van der Waals surface area contributed by atoms with E-state index in [1.165, 1.54) is 26.9 Å². The Morgan fingerprint density at radius 3 is 2.95 bits per heavy atom. The van der Waals surface area contributed by atoms with Gasteiger partial charge in [0.1, 0.15) is 0 Å². The Morgan fingerprint density at radius 1 is 1.19 bits per heavy atom. The topological polar surface area (TPSA) is 3.24 Å². The Balaban J connectivity index is 1.84. The SMILES string of the molecule is CC1C=CC(N2C3=C(C=CCC3)Sc3ccccc32)=CC1. The van der Waals surface area contributed by atoms with Crippen LogP contribution >= 0.6 is 11.8 Å². The van der Waals surface area contributed by atoms with Gasteiger partial charge in [-0.15, -0.1) is 0 Å². The number of hydrogen-bond donors (Lipinski definition) is 0. The first-order valence-corrected chi connectivity index (χ1v) is 8.49. The van der Waals surface area contributed by atoms with E-state index in [1.807, 2.05) is 11.8 Å². The van der Waals surface area contributed by atoms with Crippen LogP contribution in [0.5, 0.6) is 0 Å². The summed E-state index contributed by atoms with van der Waals surface area (Å²) in [7, 11) is 0. The van der Waals surface area contributed by atoms with Gasteiger partial charge in [-0.2, -0.15) is 0 Å². The van der Waals surface area contributed by atoms with E-state index in [9.17, 15) is 0 Å². The molecule has 1 aliphatic heterocycles. The molecule has 0 spiro atoms.